The topological polar surface area (TPSA) is 70.9 Å². The van der Waals surface area contributed by atoms with Crippen molar-refractivity contribution in [2.24, 2.45) is 0 Å². The Morgan fingerprint density at radius 1 is 1.08 bits per heavy atom. The molecular weight excluding hydrogens is 314 g/mol. The fraction of sp³-hybridized carbons (Fsp3) is 0.100. The number of hydrogen-bond acceptors (Lipinski definition) is 3. The predicted octanol–water partition coefficient (Wildman–Crippen LogP) is 3.68. The van der Waals surface area contributed by atoms with E-state index in [1.807, 2.05) is 54.6 Å². The van der Waals surface area contributed by atoms with Crippen LogP contribution in [0, 0.1) is 0 Å². The van der Waals surface area contributed by atoms with E-state index in [1.54, 1.807) is 12.3 Å². The molecule has 4 rings (SSSR count). The van der Waals surface area contributed by atoms with E-state index in [9.17, 15) is 4.79 Å². The average molecular weight is 331 g/mol. The molecule has 0 bridgehead atoms. The van der Waals surface area contributed by atoms with E-state index in [0.29, 0.717) is 13.0 Å². The summed E-state index contributed by atoms with van der Waals surface area (Å²) in [6.45, 7) is 0.399. The van der Waals surface area contributed by atoms with Gasteiger partial charge in [-0.05, 0) is 29.8 Å². The van der Waals surface area contributed by atoms with E-state index in [-0.39, 0.29) is 5.91 Å². The number of fused-ring (bicyclic) bond motifs is 1. The maximum atomic E-state index is 12.1. The number of rotatable bonds is 5. The smallest absolute Gasteiger partial charge is 0.224 e. The molecule has 25 heavy (non-hydrogen) atoms. The molecule has 2 aromatic carbocycles. The average Bonchev–Trinajstić information content (AvgIpc) is 3.30. The quantitative estimate of drug-likeness (QED) is 0.586. The molecule has 0 saturated carbocycles. The Hall–Kier alpha value is -3.34. The molecule has 124 valence electrons. The number of carbonyl (C=O) groups excluding carboxylic acids is 1. The van der Waals surface area contributed by atoms with Crippen molar-refractivity contribution < 1.29 is 9.21 Å². The number of nitrogens with zero attached hydrogens (tertiary/aromatic N) is 1. The summed E-state index contributed by atoms with van der Waals surface area (Å²) >= 11 is 0. The minimum atomic E-state index is -0.0430. The van der Waals surface area contributed by atoms with E-state index in [0.717, 1.165) is 33.7 Å². The van der Waals surface area contributed by atoms with Crippen molar-refractivity contribution in [1.29, 1.82) is 0 Å². The number of H-pyrrole nitrogens is 1. The van der Waals surface area contributed by atoms with Crippen LogP contribution in [0.4, 0.5) is 0 Å². The molecule has 0 fully saturated rings. The van der Waals surface area contributed by atoms with Gasteiger partial charge in [-0.1, -0.05) is 36.4 Å². The molecule has 0 saturated heterocycles. The molecule has 2 N–H and O–H groups in total. The molecular formula is C20H17N3O2. The molecule has 5 nitrogen and oxygen atoms in total. The monoisotopic (exact) mass is 331 g/mol. The van der Waals surface area contributed by atoms with Crippen LogP contribution in [0.15, 0.2) is 71.3 Å². The summed E-state index contributed by atoms with van der Waals surface area (Å²) in [4.78, 5) is 20.0. The Kier molecular flexibility index (Phi) is 4.04. The van der Waals surface area contributed by atoms with Gasteiger partial charge in [0, 0.05) is 5.56 Å². The summed E-state index contributed by atoms with van der Waals surface area (Å²) in [7, 11) is 0. The Bertz CT molecular complexity index is 988. The van der Waals surface area contributed by atoms with Gasteiger partial charge in [0.2, 0.25) is 5.91 Å². The van der Waals surface area contributed by atoms with E-state index in [4.69, 9.17) is 4.42 Å². The van der Waals surface area contributed by atoms with Crippen LogP contribution >= 0.6 is 0 Å². The van der Waals surface area contributed by atoms with Crippen LogP contribution in [0.2, 0.25) is 0 Å². The molecule has 0 aliphatic rings. The normalized spacial score (nSPS) is 10.9. The highest BCUT2D eigenvalue weighted by Crippen LogP contribution is 2.21. The van der Waals surface area contributed by atoms with E-state index in [2.05, 4.69) is 15.3 Å². The van der Waals surface area contributed by atoms with Crippen LogP contribution in [0.5, 0.6) is 0 Å². The molecule has 0 aliphatic heterocycles. The fourth-order valence-electron chi connectivity index (χ4n) is 2.75. The van der Waals surface area contributed by atoms with Crippen LogP contribution < -0.4 is 5.32 Å². The number of furan rings is 1. The van der Waals surface area contributed by atoms with Crippen LogP contribution in [-0.2, 0) is 17.8 Å². The first-order valence-electron chi connectivity index (χ1n) is 8.11. The summed E-state index contributed by atoms with van der Waals surface area (Å²) in [6.07, 6.45) is 1.91. The third kappa shape index (κ3) is 3.45. The first-order valence-corrected chi connectivity index (χ1v) is 8.11. The maximum Gasteiger partial charge on any atom is 0.224 e. The van der Waals surface area contributed by atoms with E-state index < -0.39 is 0 Å². The van der Waals surface area contributed by atoms with Crippen molar-refractivity contribution in [2.45, 2.75) is 13.0 Å². The fourth-order valence-corrected chi connectivity index (χ4v) is 2.75. The second-order valence-electron chi connectivity index (χ2n) is 5.84. The van der Waals surface area contributed by atoms with Crippen molar-refractivity contribution in [2.75, 3.05) is 0 Å². The number of nitrogens with one attached hydrogen (secondary N) is 2. The molecule has 4 aromatic rings. The second-order valence-corrected chi connectivity index (χ2v) is 5.84. The van der Waals surface area contributed by atoms with Crippen molar-refractivity contribution >= 4 is 16.9 Å². The van der Waals surface area contributed by atoms with Crippen LogP contribution in [-0.4, -0.2) is 15.9 Å². The lowest BCUT2D eigenvalue weighted by molar-refractivity contribution is -0.120. The maximum absolute atomic E-state index is 12.1. The Balaban J connectivity index is 1.48. The third-order valence-corrected chi connectivity index (χ3v) is 4.00. The van der Waals surface area contributed by atoms with Crippen molar-refractivity contribution in [3.8, 4) is 11.4 Å². The molecule has 0 aliphatic carbocycles. The Labute approximate surface area is 144 Å². The van der Waals surface area contributed by atoms with Crippen LogP contribution in [0.1, 0.15) is 11.3 Å². The van der Waals surface area contributed by atoms with Gasteiger partial charge in [-0.3, -0.25) is 4.79 Å². The van der Waals surface area contributed by atoms with Gasteiger partial charge in [0.05, 0.1) is 30.3 Å². The predicted molar refractivity (Wildman–Crippen MR) is 95.8 cm³/mol. The minimum Gasteiger partial charge on any atom is -0.467 e. The Morgan fingerprint density at radius 2 is 1.96 bits per heavy atom. The molecule has 0 atom stereocenters. The molecule has 2 heterocycles. The first kappa shape index (κ1) is 15.2. The lowest BCUT2D eigenvalue weighted by Gasteiger charge is -2.03. The summed E-state index contributed by atoms with van der Waals surface area (Å²) in [6, 6.07) is 19.5. The molecule has 0 unspecified atom stereocenters. The number of aromatic amines is 1. The van der Waals surface area contributed by atoms with Gasteiger partial charge in [0.25, 0.3) is 0 Å². The standard InChI is InChI=1S/C20H17N3O2/c24-19(21-13-16-7-4-10-25-16)12-14-8-9-17-18(11-14)23-20(22-17)15-5-2-1-3-6-15/h1-11H,12-13H2,(H,21,24)(H,22,23). The molecule has 2 aromatic heterocycles. The summed E-state index contributed by atoms with van der Waals surface area (Å²) in [5.41, 5.74) is 3.79. The number of carbonyl (C=O) groups is 1. The van der Waals surface area contributed by atoms with Gasteiger partial charge in [0.1, 0.15) is 11.6 Å². The first-order chi connectivity index (χ1) is 12.3. The number of aromatic nitrogens is 2. The minimum absolute atomic E-state index is 0.0430. The number of hydrogen-bond donors (Lipinski definition) is 2. The lowest BCUT2D eigenvalue weighted by atomic mass is 10.1. The van der Waals surface area contributed by atoms with E-state index in [1.165, 1.54) is 0 Å². The van der Waals surface area contributed by atoms with Crippen molar-refractivity contribution in [1.82, 2.24) is 15.3 Å². The van der Waals surface area contributed by atoms with Gasteiger partial charge < -0.3 is 14.7 Å². The zero-order valence-electron chi connectivity index (χ0n) is 13.5. The molecule has 5 heteroatoms. The highest BCUT2D eigenvalue weighted by atomic mass is 16.3. The highest BCUT2D eigenvalue weighted by Gasteiger charge is 2.08. The van der Waals surface area contributed by atoms with Gasteiger partial charge >= 0.3 is 0 Å². The van der Waals surface area contributed by atoms with Gasteiger partial charge in [-0.15, -0.1) is 0 Å². The van der Waals surface area contributed by atoms with Gasteiger partial charge in [-0.25, -0.2) is 4.98 Å². The van der Waals surface area contributed by atoms with Crippen LogP contribution in [0.25, 0.3) is 22.4 Å². The van der Waals surface area contributed by atoms with Gasteiger partial charge in [0.15, 0.2) is 0 Å². The zero-order chi connectivity index (χ0) is 17.1. The SMILES string of the molecule is O=C(Cc1ccc2nc(-c3ccccc3)[nH]c2c1)NCc1ccco1. The molecule has 1 amide bonds. The zero-order valence-corrected chi connectivity index (χ0v) is 13.5. The van der Waals surface area contributed by atoms with Crippen molar-refractivity contribution in [3.05, 3.63) is 78.3 Å². The third-order valence-electron chi connectivity index (χ3n) is 4.00. The molecule has 0 radical (unpaired) electrons. The lowest BCUT2D eigenvalue weighted by Crippen LogP contribution is -2.24. The number of benzene rings is 2. The number of imidazole rings is 1. The second kappa shape index (κ2) is 6.65. The summed E-state index contributed by atoms with van der Waals surface area (Å²) < 4.78 is 5.21. The largest absolute Gasteiger partial charge is 0.467 e. The van der Waals surface area contributed by atoms with Crippen molar-refractivity contribution in [3.63, 3.8) is 0 Å². The number of amides is 1. The highest BCUT2D eigenvalue weighted by molar-refractivity contribution is 5.83. The summed E-state index contributed by atoms with van der Waals surface area (Å²) in [5.74, 6) is 1.53. The van der Waals surface area contributed by atoms with Gasteiger partial charge in [-0.2, -0.15) is 0 Å². The Morgan fingerprint density at radius 3 is 2.76 bits per heavy atom. The van der Waals surface area contributed by atoms with Crippen LogP contribution in [0.3, 0.4) is 0 Å². The summed E-state index contributed by atoms with van der Waals surface area (Å²) in [5, 5.41) is 2.85. The van der Waals surface area contributed by atoms with E-state index >= 15 is 0 Å². The molecule has 0 spiro atoms.